The summed E-state index contributed by atoms with van der Waals surface area (Å²) in [7, 11) is 0. The summed E-state index contributed by atoms with van der Waals surface area (Å²) in [5, 5.41) is 14.5. The topological polar surface area (TPSA) is 78.4 Å². The van der Waals surface area contributed by atoms with Crippen molar-refractivity contribution in [3.63, 3.8) is 0 Å². The third-order valence-electron chi connectivity index (χ3n) is 2.72. The van der Waals surface area contributed by atoms with Crippen molar-refractivity contribution < 1.29 is 14.7 Å². The molecule has 0 aliphatic heterocycles. The van der Waals surface area contributed by atoms with Gasteiger partial charge in [0.2, 0.25) is 0 Å². The first-order valence-corrected chi connectivity index (χ1v) is 6.99. The second kappa shape index (κ2) is 8.43. The fourth-order valence-electron chi connectivity index (χ4n) is 1.71. The van der Waals surface area contributed by atoms with Crippen molar-refractivity contribution in [1.29, 1.82) is 0 Å². The van der Waals surface area contributed by atoms with Crippen LogP contribution in [0.5, 0.6) is 0 Å². The Labute approximate surface area is 123 Å². The Morgan fingerprint density at radius 3 is 2.60 bits per heavy atom. The van der Waals surface area contributed by atoms with Gasteiger partial charge in [0.15, 0.2) is 0 Å². The van der Waals surface area contributed by atoms with E-state index in [4.69, 9.17) is 16.7 Å². The van der Waals surface area contributed by atoms with Gasteiger partial charge in [0, 0.05) is 17.3 Å². The standard InChI is InChI=1S/C14H19ClN2O3/c1-2-3-4-5-6-16-14(20)17-12-8-10(13(18)19)7-11(15)9-12/h7-9H,2-6H2,1H3,(H,18,19)(H2,16,17,20). The van der Waals surface area contributed by atoms with E-state index in [9.17, 15) is 9.59 Å². The maximum atomic E-state index is 11.6. The summed E-state index contributed by atoms with van der Waals surface area (Å²) in [4.78, 5) is 22.5. The lowest BCUT2D eigenvalue weighted by molar-refractivity contribution is 0.0697. The van der Waals surface area contributed by atoms with Gasteiger partial charge < -0.3 is 15.7 Å². The molecule has 1 aromatic carbocycles. The van der Waals surface area contributed by atoms with Crippen molar-refractivity contribution in [1.82, 2.24) is 5.32 Å². The van der Waals surface area contributed by atoms with Gasteiger partial charge in [-0.1, -0.05) is 37.8 Å². The van der Waals surface area contributed by atoms with Crippen LogP contribution in [0.1, 0.15) is 43.0 Å². The van der Waals surface area contributed by atoms with Gasteiger partial charge in [0.05, 0.1) is 5.56 Å². The first kappa shape index (κ1) is 16.3. The molecule has 0 aromatic heterocycles. The van der Waals surface area contributed by atoms with Gasteiger partial charge in [-0.15, -0.1) is 0 Å². The third-order valence-corrected chi connectivity index (χ3v) is 2.94. The van der Waals surface area contributed by atoms with Crippen LogP contribution in [-0.2, 0) is 0 Å². The van der Waals surface area contributed by atoms with Crippen LogP contribution >= 0.6 is 11.6 Å². The van der Waals surface area contributed by atoms with Crippen LogP contribution < -0.4 is 10.6 Å². The van der Waals surface area contributed by atoms with Crippen LogP contribution in [0.2, 0.25) is 5.02 Å². The van der Waals surface area contributed by atoms with E-state index in [2.05, 4.69) is 17.6 Å². The number of hydrogen-bond acceptors (Lipinski definition) is 2. The molecule has 0 bridgehead atoms. The van der Waals surface area contributed by atoms with E-state index >= 15 is 0 Å². The molecule has 0 atom stereocenters. The minimum Gasteiger partial charge on any atom is -0.478 e. The number of unbranched alkanes of at least 4 members (excludes halogenated alkanes) is 3. The lowest BCUT2D eigenvalue weighted by atomic mass is 10.2. The quantitative estimate of drug-likeness (QED) is 0.671. The molecule has 1 aromatic rings. The number of rotatable bonds is 7. The zero-order valence-corrected chi connectivity index (χ0v) is 12.2. The Kier molecular flexibility index (Phi) is 6.87. The average molecular weight is 299 g/mol. The molecule has 0 spiro atoms. The highest BCUT2D eigenvalue weighted by Gasteiger charge is 2.08. The van der Waals surface area contributed by atoms with E-state index in [-0.39, 0.29) is 16.6 Å². The molecule has 0 aliphatic carbocycles. The predicted octanol–water partition coefficient (Wildman–Crippen LogP) is 3.74. The number of carboxylic acids is 1. The Morgan fingerprint density at radius 2 is 1.95 bits per heavy atom. The smallest absolute Gasteiger partial charge is 0.335 e. The summed E-state index contributed by atoms with van der Waals surface area (Å²) in [6.07, 6.45) is 4.31. The van der Waals surface area contributed by atoms with Crippen molar-refractivity contribution in [3.05, 3.63) is 28.8 Å². The lowest BCUT2D eigenvalue weighted by Crippen LogP contribution is -2.29. The number of nitrogens with one attached hydrogen (secondary N) is 2. The third kappa shape index (κ3) is 5.93. The summed E-state index contributed by atoms with van der Waals surface area (Å²) in [5.74, 6) is -1.09. The Bertz CT molecular complexity index is 477. The van der Waals surface area contributed by atoms with Crippen molar-refractivity contribution in [2.45, 2.75) is 32.6 Å². The molecule has 1 rings (SSSR count). The Morgan fingerprint density at radius 1 is 1.20 bits per heavy atom. The number of halogens is 1. The highest BCUT2D eigenvalue weighted by Crippen LogP contribution is 2.19. The van der Waals surface area contributed by atoms with Gasteiger partial charge in [-0.25, -0.2) is 9.59 Å². The molecule has 0 aliphatic rings. The molecule has 0 unspecified atom stereocenters. The molecule has 2 amide bonds. The molecule has 110 valence electrons. The zero-order valence-electron chi connectivity index (χ0n) is 11.4. The van der Waals surface area contributed by atoms with Crippen LogP contribution in [0.4, 0.5) is 10.5 Å². The summed E-state index contributed by atoms with van der Waals surface area (Å²) in [5.41, 5.74) is 0.400. The molecule has 0 heterocycles. The molecule has 3 N–H and O–H groups in total. The number of hydrogen-bond donors (Lipinski definition) is 3. The van der Waals surface area contributed by atoms with E-state index in [0.29, 0.717) is 12.2 Å². The molecular weight excluding hydrogens is 280 g/mol. The summed E-state index contributed by atoms with van der Waals surface area (Å²) < 4.78 is 0. The van der Waals surface area contributed by atoms with Gasteiger partial charge in [-0.05, 0) is 24.6 Å². The number of urea groups is 1. The maximum Gasteiger partial charge on any atom is 0.335 e. The molecule has 6 heteroatoms. The molecule has 0 radical (unpaired) electrons. The molecule has 0 saturated heterocycles. The highest BCUT2D eigenvalue weighted by molar-refractivity contribution is 6.31. The first-order chi connectivity index (χ1) is 9.52. The van der Waals surface area contributed by atoms with E-state index in [0.717, 1.165) is 25.7 Å². The van der Waals surface area contributed by atoms with E-state index in [1.54, 1.807) is 0 Å². The van der Waals surface area contributed by atoms with Crippen LogP contribution in [0.3, 0.4) is 0 Å². The first-order valence-electron chi connectivity index (χ1n) is 6.61. The van der Waals surface area contributed by atoms with Gasteiger partial charge in [-0.3, -0.25) is 0 Å². The van der Waals surface area contributed by atoms with E-state index in [1.807, 2.05) is 0 Å². The maximum absolute atomic E-state index is 11.6. The summed E-state index contributed by atoms with van der Waals surface area (Å²) >= 11 is 5.80. The van der Waals surface area contributed by atoms with Crippen molar-refractivity contribution in [3.8, 4) is 0 Å². The molecule has 0 saturated carbocycles. The number of carbonyl (C=O) groups is 2. The Balaban J connectivity index is 2.47. The van der Waals surface area contributed by atoms with Crippen LogP contribution in [0.15, 0.2) is 18.2 Å². The van der Waals surface area contributed by atoms with Crippen molar-refractivity contribution in [2.24, 2.45) is 0 Å². The zero-order chi connectivity index (χ0) is 15.0. The summed E-state index contributed by atoms with van der Waals surface area (Å²) in [6.45, 7) is 2.72. The number of carbonyl (C=O) groups excluding carboxylic acids is 1. The number of benzene rings is 1. The van der Waals surface area contributed by atoms with Gasteiger partial charge >= 0.3 is 12.0 Å². The molecule has 5 nitrogen and oxygen atoms in total. The van der Waals surface area contributed by atoms with E-state index < -0.39 is 5.97 Å². The van der Waals surface area contributed by atoms with Crippen LogP contribution in [-0.4, -0.2) is 23.7 Å². The SMILES string of the molecule is CCCCCCNC(=O)Nc1cc(Cl)cc(C(=O)O)c1. The van der Waals surface area contributed by atoms with Crippen LogP contribution in [0.25, 0.3) is 0 Å². The largest absolute Gasteiger partial charge is 0.478 e. The van der Waals surface area contributed by atoms with Gasteiger partial charge in [-0.2, -0.15) is 0 Å². The lowest BCUT2D eigenvalue weighted by Gasteiger charge is -2.08. The average Bonchev–Trinajstić information content (AvgIpc) is 2.37. The normalized spacial score (nSPS) is 10.1. The van der Waals surface area contributed by atoms with Crippen molar-refractivity contribution >= 4 is 29.3 Å². The van der Waals surface area contributed by atoms with Crippen molar-refractivity contribution in [2.75, 3.05) is 11.9 Å². The Hall–Kier alpha value is -1.75. The van der Waals surface area contributed by atoms with Crippen LogP contribution in [0, 0.1) is 0 Å². The highest BCUT2D eigenvalue weighted by atomic mass is 35.5. The number of anilines is 1. The number of amides is 2. The fourth-order valence-corrected chi connectivity index (χ4v) is 1.95. The number of aromatic carboxylic acids is 1. The molecular formula is C14H19ClN2O3. The summed E-state index contributed by atoms with van der Waals surface area (Å²) in [6, 6.07) is 3.84. The minimum atomic E-state index is -1.09. The van der Waals surface area contributed by atoms with Gasteiger partial charge in [0.25, 0.3) is 0 Å². The monoisotopic (exact) mass is 298 g/mol. The molecule has 0 fully saturated rings. The fraction of sp³-hybridized carbons (Fsp3) is 0.429. The minimum absolute atomic E-state index is 0.0377. The number of carboxylic acid groups (broad SMARTS) is 1. The predicted molar refractivity (Wildman–Crippen MR) is 79.6 cm³/mol. The molecule has 20 heavy (non-hydrogen) atoms. The van der Waals surface area contributed by atoms with E-state index in [1.165, 1.54) is 18.2 Å². The van der Waals surface area contributed by atoms with Gasteiger partial charge in [0.1, 0.15) is 0 Å². The second-order valence-corrected chi connectivity index (χ2v) is 4.91. The second-order valence-electron chi connectivity index (χ2n) is 4.48.